The molecule has 5 nitrogen and oxygen atoms in total. The van der Waals surface area contributed by atoms with Gasteiger partial charge in [-0.3, -0.25) is 0 Å². The molecular weight excluding hydrogens is 204 g/mol. The van der Waals surface area contributed by atoms with Crippen LogP contribution in [0.15, 0.2) is 22.9 Å². The molecule has 3 rings (SSSR count). The average Bonchev–Trinajstić information content (AvgIpc) is 3.01. The lowest BCUT2D eigenvalue weighted by molar-refractivity contribution is 0.297. The molecular formula is C11H14N4O. The van der Waals surface area contributed by atoms with Crippen LogP contribution >= 0.6 is 0 Å². The number of H-pyrrole nitrogens is 1. The molecule has 16 heavy (non-hydrogen) atoms. The summed E-state index contributed by atoms with van der Waals surface area (Å²) in [6, 6.07) is 4.08. The summed E-state index contributed by atoms with van der Waals surface area (Å²) in [5.74, 6) is 1.33. The van der Waals surface area contributed by atoms with E-state index >= 15 is 0 Å². The van der Waals surface area contributed by atoms with Gasteiger partial charge in [0.25, 0.3) is 0 Å². The molecule has 1 saturated heterocycles. The number of rotatable bonds is 2. The molecule has 0 radical (unpaired) electrons. The van der Waals surface area contributed by atoms with Crippen LogP contribution in [0, 0.1) is 0 Å². The van der Waals surface area contributed by atoms with E-state index in [0.29, 0.717) is 11.7 Å². The third-order valence-electron chi connectivity index (χ3n) is 2.89. The maximum Gasteiger partial charge on any atom is 0.244 e. The fourth-order valence-electron chi connectivity index (χ4n) is 2.02. The normalized spacial score (nSPS) is 21.1. The third kappa shape index (κ3) is 1.74. The average molecular weight is 218 g/mol. The van der Waals surface area contributed by atoms with E-state index in [0.717, 1.165) is 18.7 Å². The van der Waals surface area contributed by atoms with Crippen molar-refractivity contribution in [1.82, 2.24) is 20.4 Å². The van der Waals surface area contributed by atoms with Crippen molar-refractivity contribution in [3.8, 4) is 11.5 Å². The van der Waals surface area contributed by atoms with E-state index in [1.165, 1.54) is 12.8 Å². The van der Waals surface area contributed by atoms with Crippen molar-refractivity contribution >= 4 is 0 Å². The Labute approximate surface area is 93.3 Å². The number of piperidine rings is 1. The molecule has 1 aliphatic rings. The minimum atomic E-state index is 0.227. The molecule has 2 aromatic heterocycles. The Morgan fingerprint density at radius 1 is 1.38 bits per heavy atom. The van der Waals surface area contributed by atoms with Crippen LogP contribution in [-0.2, 0) is 0 Å². The van der Waals surface area contributed by atoms with Crippen molar-refractivity contribution in [1.29, 1.82) is 0 Å². The fourth-order valence-corrected chi connectivity index (χ4v) is 2.02. The highest BCUT2D eigenvalue weighted by atomic mass is 16.5. The Kier molecular flexibility index (Phi) is 2.46. The van der Waals surface area contributed by atoms with Crippen LogP contribution in [0.5, 0.6) is 0 Å². The molecule has 0 bridgehead atoms. The van der Waals surface area contributed by atoms with Crippen LogP contribution in [-0.4, -0.2) is 21.7 Å². The lowest BCUT2D eigenvalue weighted by Gasteiger charge is -2.19. The number of hydrogen-bond acceptors (Lipinski definition) is 4. The summed E-state index contributed by atoms with van der Waals surface area (Å²) < 4.78 is 5.28. The molecule has 0 aromatic carbocycles. The van der Waals surface area contributed by atoms with E-state index < -0.39 is 0 Å². The van der Waals surface area contributed by atoms with Gasteiger partial charge >= 0.3 is 0 Å². The lowest BCUT2D eigenvalue weighted by Crippen LogP contribution is -2.26. The van der Waals surface area contributed by atoms with E-state index in [1.807, 2.05) is 18.3 Å². The topological polar surface area (TPSA) is 66.7 Å². The number of hydrogen-bond donors (Lipinski definition) is 2. The first kappa shape index (κ1) is 9.59. The van der Waals surface area contributed by atoms with Gasteiger partial charge in [-0.2, -0.15) is 4.98 Å². The lowest BCUT2D eigenvalue weighted by atomic mass is 10.1. The summed E-state index contributed by atoms with van der Waals surface area (Å²) in [7, 11) is 0. The van der Waals surface area contributed by atoms with Gasteiger partial charge in [-0.1, -0.05) is 11.6 Å². The van der Waals surface area contributed by atoms with Crippen molar-refractivity contribution in [2.45, 2.75) is 25.3 Å². The van der Waals surface area contributed by atoms with Gasteiger partial charge in [0, 0.05) is 6.20 Å². The molecule has 2 aromatic rings. The van der Waals surface area contributed by atoms with Crippen LogP contribution in [0.2, 0.25) is 0 Å². The van der Waals surface area contributed by atoms with Crippen LogP contribution < -0.4 is 5.32 Å². The largest absolute Gasteiger partial charge is 0.359 e. The predicted octanol–water partition coefficient (Wildman–Crippen LogP) is 1.88. The zero-order chi connectivity index (χ0) is 10.8. The Morgan fingerprint density at radius 3 is 3.12 bits per heavy atom. The maximum atomic E-state index is 5.28. The minimum Gasteiger partial charge on any atom is -0.359 e. The van der Waals surface area contributed by atoms with Crippen LogP contribution in [0.25, 0.3) is 11.5 Å². The van der Waals surface area contributed by atoms with Gasteiger partial charge in [-0.15, -0.1) is 0 Å². The summed E-state index contributed by atoms with van der Waals surface area (Å²) in [5.41, 5.74) is 0.894. The highest BCUT2D eigenvalue weighted by Gasteiger charge is 2.21. The maximum absolute atomic E-state index is 5.28. The first-order valence-electron chi connectivity index (χ1n) is 5.64. The van der Waals surface area contributed by atoms with Crippen molar-refractivity contribution in [3.05, 3.63) is 24.2 Å². The minimum absolute atomic E-state index is 0.227. The molecule has 84 valence electrons. The van der Waals surface area contributed by atoms with Crippen LogP contribution in [0.3, 0.4) is 0 Å². The van der Waals surface area contributed by atoms with Gasteiger partial charge in [-0.25, -0.2) is 0 Å². The highest BCUT2D eigenvalue weighted by molar-refractivity contribution is 5.47. The van der Waals surface area contributed by atoms with E-state index in [4.69, 9.17) is 4.52 Å². The Bertz CT molecular complexity index is 442. The molecule has 1 aliphatic heterocycles. The summed E-state index contributed by atoms with van der Waals surface area (Å²) in [6.45, 7) is 1.03. The molecule has 3 heterocycles. The van der Waals surface area contributed by atoms with Gasteiger partial charge in [0.2, 0.25) is 11.7 Å². The number of nitrogens with zero attached hydrogens (tertiary/aromatic N) is 2. The van der Waals surface area contributed by atoms with Gasteiger partial charge in [0.05, 0.1) is 11.7 Å². The Morgan fingerprint density at radius 2 is 2.38 bits per heavy atom. The molecule has 0 amide bonds. The van der Waals surface area contributed by atoms with E-state index in [2.05, 4.69) is 20.4 Å². The Balaban J connectivity index is 1.82. The second kappa shape index (κ2) is 4.09. The molecule has 0 saturated carbocycles. The predicted molar refractivity (Wildman–Crippen MR) is 58.7 cm³/mol. The van der Waals surface area contributed by atoms with E-state index in [1.54, 1.807) is 0 Å². The first-order valence-corrected chi connectivity index (χ1v) is 5.64. The summed E-state index contributed by atoms with van der Waals surface area (Å²) in [6.07, 6.45) is 5.38. The molecule has 1 fully saturated rings. The number of aromatic nitrogens is 3. The van der Waals surface area contributed by atoms with Crippen molar-refractivity contribution in [3.63, 3.8) is 0 Å². The first-order chi connectivity index (χ1) is 7.93. The monoisotopic (exact) mass is 218 g/mol. The molecule has 2 N–H and O–H groups in total. The van der Waals surface area contributed by atoms with Gasteiger partial charge < -0.3 is 14.8 Å². The van der Waals surface area contributed by atoms with Gasteiger partial charge in [0.1, 0.15) is 0 Å². The van der Waals surface area contributed by atoms with E-state index in [9.17, 15) is 0 Å². The number of nitrogens with one attached hydrogen (secondary N) is 2. The second-order valence-electron chi connectivity index (χ2n) is 4.04. The van der Waals surface area contributed by atoms with Crippen molar-refractivity contribution < 1.29 is 4.52 Å². The van der Waals surface area contributed by atoms with Crippen molar-refractivity contribution in [2.75, 3.05) is 6.54 Å². The fraction of sp³-hybridized carbons (Fsp3) is 0.455. The third-order valence-corrected chi connectivity index (χ3v) is 2.89. The number of aromatic amines is 1. The van der Waals surface area contributed by atoms with Crippen molar-refractivity contribution in [2.24, 2.45) is 0 Å². The molecule has 0 spiro atoms. The smallest absolute Gasteiger partial charge is 0.244 e. The SMILES string of the molecule is c1c[nH]c(-c2noc([C@@H]3CCCCN3)n2)c1. The van der Waals surface area contributed by atoms with Crippen LogP contribution in [0.1, 0.15) is 31.2 Å². The molecule has 5 heteroatoms. The van der Waals surface area contributed by atoms with Crippen LogP contribution in [0.4, 0.5) is 0 Å². The standard InChI is InChI=1S/C11H14N4O/c1-2-6-13-9(4-1)11-14-10(15-16-11)8-5-3-7-12-8/h3,5,7,9,12-13H,1-2,4,6H2/t9-/m0/s1. The zero-order valence-corrected chi connectivity index (χ0v) is 8.94. The Hall–Kier alpha value is -1.62. The summed E-state index contributed by atoms with van der Waals surface area (Å²) in [5, 5.41) is 7.36. The molecule has 0 unspecified atom stereocenters. The van der Waals surface area contributed by atoms with E-state index in [-0.39, 0.29) is 6.04 Å². The quantitative estimate of drug-likeness (QED) is 0.807. The van der Waals surface area contributed by atoms with Gasteiger partial charge in [0.15, 0.2) is 0 Å². The zero-order valence-electron chi connectivity index (χ0n) is 8.94. The van der Waals surface area contributed by atoms with Gasteiger partial charge in [-0.05, 0) is 31.5 Å². The summed E-state index contributed by atoms with van der Waals surface area (Å²) in [4.78, 5) is 7.47. The molecule has 1 atom stereocenters. The second-order valence-corrected chi connectivity index (χ2v) is 4.04. The highest BCUT2D eigenvalue weighted by Crippen LogP contribution is 2.23. The summed E-state index contributed by atoms with van der Waals surface area (Å²) >= 11 is 0. The molecule has 0 aliphatic carbocycles.